The molecule has 0 bridgehead atoms. The van der Waals surface area contributed by atoms with Gasteiger partial charge in [-0.25, -0.2) is 0 Å². The summed E-state index contributed by atoms with van der Waals surface area (Å²) in [6, 6.07) is 6.29. The van der Waals surface area contributed by atoms with E-state index in [0.29, 0.717) is 24.2 Å². The molecule has 1 aliphatic heterocycles. The fraction of sp³-hybridized carbons (Fsp3) is 0.375. The minimum atomic E-state index is -0.615. The lowest BCUT2D eigenvalue weighted by molar-refractivity contribution is -0.150. The molecule has 2 rings (SSSR count). The van der Waals surface area contributed by atoms with Crippen LogP contribution in [0.4, 0.5) is 5.69 Å². The number of esters is 1. The van der Waals surface area contributed by atoms with Gasteiger partial charge in [0, 0.05) is 31.3 Å². The van der Waals surface area contributed by atoms with Gasteiger partial charge in [-0.1, -0.05) is 0 Å². The Bertz CT molecular complexity index is 642. The fourth-order valence-electron chi connectivity index (χ4n) is 2.27. The van der Waals surface area contributed by atoms with Crippen LogP contribution in [0.1, 0.15) is 23.2 Å². The van der Waals surface area contributed by atoms with Crippen LogP contribution < -0.4 is 10.6 Å². The third kappa shape index (κ3) is 4.80. The Morgan fingerprint density at radius 1 is 1.21 bits per heavy atom. The predicted molar refractivity (Wildman–Crippen MR) is 85.2 cm³/mol. The highest BCUT2D eigenvalue weighted by atomic mass is 16.5. The summed E-state index contributed by atoms with van der Waals surface area (Å²) in [5.41, 5.74) is 0.954. The van der Waals surface area contributed by atoms with Crippen LogP contribution in [0.25, 0.3) is 0 Å². The Labute approximate surface area is 139 Å². The van der Waals surface area contributed by atoms with Crippen LogP contribution in [0.2, 0.25) is 0 Å². The van der Waals surface area contributed by atoms with Gasteiger partial charge in [-0.15, -0.1) is 0 Å². The van der Waals surface area contributed by atoms with Crippen LogP contribution in [0.15, 0.2) is 24.3 Å². The molecule has 0 spiro atoms. The summed E-state index contributed by atoms with van der Waals surface area (Å²) >= 11 is 0. The molecule has 1 aliphatic rings. The van der Waals surface area contributed by atoms with Crippen molar-refractivity contribution >= 4 is 29.4 Å². The number of carbonyl (C=O) groups is 4. The highest BCUT2D eigenvalue weighted by molar-refractivity contribution is 5.96. The zero-order valence-corrected chi connectivity index (χ0v) is 13.3. The molecular formula is C16H19N3O5. The summed E-state index contributed by atoms with van der Waals surface area (Å²) in [6.07, 6.45) is 1.18. The molecule has 8 heteroatoms. The number of hydrogen-bond donors (Lipinski definition) is 2. The van der Waals surface area contributed by atoms with Gasteiger partial charge in [0.05, 0.1) is 0 Å². The number of benzene rings is 1. The maximum atomic E-state index is 11.7. The van der Waals surface area contributed by atoms with Crippen LogP contribution in [-0.2, 0) is 19.1 Å². The van der Waals surface area contributed by atoms with Crippen molar-refractivity contribution in [1.29, 1.82) is 0 Å². The van der Waals surface area contributed by atoms with E-state index in [2.05, 4.69) is 10.6 Å². The minimum absolute atomic E-state index is 0.0763. The Morgan fingerprint density at radius 3 is 2.50 bits per heavy atom. The maximum Gasteiger partial charge on any atom is 0.326 e. The molecule has 128 valence electrons. The van der Waals surface area contributed by atoms with Gasteiger partial charge >= 0.3 is 5.97 Å². The summed E-state index contributed by atoms with van der Waals surface area (Å²) in [4.78, 5) is 47.6. The van der Waals surface area contributed by atoms with E-state index in [0.717, 1.165) is 6.42 Å². The molecule has 0 radical (unpaired) electrons. The number of rotatable bonds is 6. The summed E-state index contributed by atoms with van der Waals surface area (Å²) in [6.45, 7) is -0.0250. The van der Waals surface area contributed by atoms with Crippen molar-refractivity contribution in [1.82, 2.24) is 10.2 Å². The van der Waals surface area contributed by atoms with Crippen LogP contribution in [0.5, 0.6) is 0 Å². The highest BCUT2D eigenvalue weighted by Gasteiger charge is 2.23. The van der Waals surface area contributed by atoms with E-state index in [1.807, 2.05) is 0 Å². The number of anilines is 1. The van der Waals surface area contributed by atoms with E-state index in [1.54, 1.807) is 24.3 Å². The molecule has 1 fully saturated rings. The third-order valence-corrected chi connectivity index (χ3v) is 3.51. The van der Waals surface area contributed by atoms with E-state index in [1.165, 1.54) is 11.9 Å². The van der Waals surface area contributed by atoms with Crippen molar-refractivity contribution in [3.63, 3.8) is 0 Å². The van der Waals surface area contributed by atoms with Gasteiger partial charge in [-0.05, 0) is 30.7 Å². The average Bonchev–Trinajstić information content (AvgIpc) is 2.98. The van der Waals surface area contributed by atoms with E-state index in [9.17, 15) is 19.2 Å². The molecule has 0 atom stereocenters. The molecule has 0 aromatic heterocycles. The highest BCUT2D eigenvalue weighted by Crippen LogP contribution is 2.10. The second-order valence-corrected chi connectivity index (χ2v) is 5.28. The Kier molecular flexibility index (Phi) is 5.89. The molecule has 8 nitrogen and oxygen atoms in total. The minimum Gasteiger partial charge on any atom is -0.454 e. The number of nitrogens with one attached hydrogen (secondary N) is 2. The second-order valence-electron chi connectivity index (χ2n) is 5.28. The molecular weight excluding hydrogens is 314 g/mol. The van der Waals surface area contributed by atoms with E-state index in [-0.39, 0.29) is 18.4 Å². The summed E-state index contributed by atoms with van der Waals surface area (Å²) in [5, 5.41) is 5.05. The first kappa shape index (κ1) is 17.5. The molecule has 24 heavy (non-hydrogen) atoms. The lowest BCUT2D eigenvalue weighted by Crippen LogP contribution is -2.33. The number of carbonyl (C=O) groups excluding carboxylic acids is 4. The van der Waals surface area contributed by atoms with Crippen molar-refractivity contribution in [3.8, 4) is 0 Å². The van der Waals surface area contributed by atoms with Crippen LogP contribution in [0.3, 0.4) is 0 Å². The average molecular weight is 333 g/mol. The first-order chi connectivity index (χ1) is 11.5. The predicted octanol–water partition coefficient (Wildman–Crippen LogP) is 0.150. The normalized spacial score (nSPS) is 13.5. The quantitative estimate of drug-likeness (QED) is 0.721. The molecule has 0 saturated carbocycles. The van der Waals surface area contributed by atoms with E-state index in [4.69, 9.17) is 4.74 Å². The van der Waals surface area contributed by atoms with Crippen molar-refractivity contribution in [2.75, 3.05) is 32.1 Å². The lowest BCUT2D eigenvalue weighted by atomic mass is 10.2. The Morgan fingerprint density at radius 2 is 1.92 bits per heavy atom. The Balaban J connectivity index is 1.75. The number of ether oxygens (including phenoxy) is 1. The zero-order chi connectivity index (χ0) is 17.5. The molecule has 1 saturated heterocycles. The molecule has 1 aromatic carbocycles. The standard InChI is InChI=1S/C16H19N3O5/c1-17-16(23)11-4-6-12(7-5-11)18-13(20)10-24-15(22)9-19-8-2-3-14(19)21/h4-7H,2-3,8-10H2,1H3,(H,17,23)(H,18,20). The van der Waals surface area contributed by atoms with Crippen molar-refractivity contribution in [2.24, 2.45) is 0 Å². The van der Waals surface area contributed by atoms with Gasteiger partial charge in [-0.3, -0.25) is 19.2 Å². The van der Waals surface area contributed by atoms with Crippen molar-refractivity contribution in [2.45, 2.75) is 12.8 Å². The fourth-order valence-corrected chi connectivity index (χ4v) is 2.27. The molecule has 3 amide bonds. The van der Waals surface area contributed by atoms with Gasteiger partial charge in [0.1, 0.15) is 6.54 Å². The zero-order valence-electron chi connectivity index (χ0n) is 13.3. The maximum absolute atomic E-state index is 11.7. The summed E-state index contributed by atoms with van der Waals surface area (Å²) in [5.74, 6) is -1.41. The summed E-state index contributed by atoms with van der Waals surface area (Å²) in [7, 11) is 1.53. The molecule has 0 aliphatic carbocycles. The van der Waals surface area contributed by atoms with Crippen LogP contribution >= 0.6 is 0 Å². The van der Waals surface area contributed by atoms with Gasteiger partial charge in [0.2, 0.25) is 5.91 Å². The van der Waals surface area contributed by atoms with E-state index >= 15 is 0 Å². The molecule has 1 heterocycles. The monoisotopic (exact) mass is 333 g/mol. The number of amides is 3. The largest absolute Gasteiger partial charge is 0.454 e. The van der Waals surface area contributed by atoms with Gasteiger partial charge in [0.15, 0.2) is 6.61 Å². The number of nitrogens with zero attached hydrogens (tertiary/aromatic N) is 1. The summed E-state index contributed by atoms with van der Waals surface area (Å²) < 4.78 is 4.86. The smallest absolute Gasteiger partial charge is 0.326 e. The van der Waals surface area contributed by atoms with E-state index < -0.39 is 18.5 Å². The van der Waals surface area contributed by atoms with Crippen molar-refractivity contribution < 1.29 is 23.9 Å². The second kappa shape index (κ2) is 8.09. The topological polar surface area (TPSA) is 105 Å². The first-order valence-electron chi connectivity index (χ1n) is 7.55. The molecule has 2 N–H and O–H groups in total. The molecule has 0 unspecified atom stereocenters. The number of hydrogen-bond acceptors (Lipinski definition) is 5. The first-order valence-corrected chi connectivity index (χ1v) is 7.55. The van der Waals surface area contributed by atoms with Crippen LogP contribution in [0, 0.1) is 0 Å². The van der Waals surface area contributed by atoms with Gasteiger partial charge in [0.25, 0.3) is 11.8 Å². The van der Waals surface area contributed by atoms with Crippen LogP contribution in [-0.4, -0.2) is 55.3 Å². The van der Waals surface area contributed by atoms with Gasteiger partial charge in [-0.2, -0.15) is 0 Å². The number of likely N-dealkylation sites (tertiary alicyclic amines) is 1. The molecule has 1 aromatic rings. The lowest BCUT2D eigenvalue weighted by Gasteiger charge is -2.14. The SMILES string of the molecule is CNC(=O)c1ccc(NC(=O)COC(=O)CN2CCCC2=O)cc1. The van der Waals surface area contributed by atoms with Gasteiger partial charge < -0.3 is 20.3 Å². The third-order valence-electron chi connectivity index (χ3n) is 3.51. The Hall–Kier alpha value is -2.90. The van der Waals surface area contributed by atoms with Crippen molar-refractivity contribution in [3.05, 3.63) is 29.8 Å².